The highest BCUT2D eigenvalue weighted by Gasteiger charge is 2.28. The van der Waals surface area contributed by atoms with Crippen LogP contribution in [0.4, 0.5) is 28.6 Å². The number of amides is 2. The number of methoxy groups -OCH3 is 1. The van der Waals surface area contributed by atoms with Crippen LogP contribution in [-0.4, -0.2) is 67.2 Å². The van der Waals surface area contributed by atoms with Crippen molar-refractivity contribution in [2.24, 2.45) is 0 Å². The smallest absolute Gasteiger partial charge is 0.260 e. The zero-order valence-electron chi connectivity index (χ0n) is 21.3. The number of nitrogens with one attached hydrogen (secondary N) is 1. The first-order valence-electron chi connectivity index (χ1n) is 12.3. The Balaban J connectivity index is 1.45. The summed E-state index contributed by atoms with van der Waals surface area (Å²) in [6.45, 7) is 1.30. The Morgan fingerprint density at radius 1 is 1.11 bits per heavy atom. The van der Waals surface area contributed by atoms with Crippen molar-refractivity contribution in [1.82, 2.24) is 9.88 Å². The summed E-state index contributed by atoms with van der Waals surface area (Å²) in [5.41, 5.74) is 5.12. The molecule has 0 spiro atoms. The summed E-state index contributed by atoms with van der Waals surface area (Å²) in [6.07, 6.45) is 2.73. The summed E-state index contributed by atoms with van der Waals surface area (Å²) < 4.78 is 5.41. The number of hydrogen-bond donors (Lipinski definition) is 2. The molecule has 2 aromatic carbocycles. The number of likely N-dealkylation sites (tertiary alicyclic amines) is 1. The summed E-state index contributed by atoms with van der Waals surface area (Å²) in [4.78, 5) is 36.0. The van der Waals surface area contributed by atoms with Gasteiger partial charge in [0.1, 0.15) is 5.82 Å². The fourth-order valence-electron chi connectivity index (χ4n) is 4.98. The second kappa shape index (κ2) is 10.2. The number of nitrogens with zero attached hydrogens (tertiary/aromatic N) is 4. The monoisotopic (exact) mass is 501 g/mol. The van der Waals surface area contributed by atoms with Crippen LogP contribution in [0, 0.1) is 0 Å². The lowest BCUT2D eigenvalue weighted by atomic mass is 10.0. The van der Waals surface area contributed by atoms with E-state index < -0.39 is 6.10 Å². The number of aromatic nitrogens is 1. The number of piperidine rings is 1. The van der Waals surface area contributed by atoms with Crippen LogP contribution in [0.15, 0.2) is 54.7 Å². The van der Waals surface area contributed by atoms with Crippen molar-refractivity contribution in [2.75, 3.05) is 49.4 Å². The van der Waals surface area contributed by atoms with Crippen LogP contribution in [0.2, 0.25) is 0 Å². The maximum Gasteiger partial charge on any atom is 0.260 e. The number of aliphatic hydroxyl groups excluding tert-OH is 1. The summed E-state index contributed by atoms with van der Waals surface area (Å²) in [7, 11) is 5.29. The van der Waals surface area contributed by atoms with Crippen LogP contribution >= 0.6 is 0 Å². The third-order valence-electron chi connectivity index (χ3n) is 6.98. The summed E-state index contributed by atoms with van der Waals surface area (Å²) >= 11 is 0. The topological polar surface area (TPSA) is 98.2 Å². The largest absolute Gasteiger partial charge is 0.391 e. The average Bonchev–Trinajstić information content (AvgIpc) is 2.99. The fraction of sp³-hybridized carbons (Fsp3) is 0.321. The molecule has 1 atom stereocenters. The highest BCUT2D eigenvalue weighted by atomic mass is 16.5. The minimum Gasteiger partial charge on any atom is -0.391 e. The zero-order valence-corrected chi connectivity index (χ0v) is 21.3. The van der Waals surface area contributed by atoms with Crippen LogP contribution in [-0.2, 0) is 11.3 Å². The number of anilines is 5. The molecule has 37 heavy (non-hydrogen) atoms. The molecule has 1 fully saturated rings. The molecule has 3 heterocycles. The molecule has 5 rings (SSSR count). The van der Waals surface area contributed by atoms with Crippen LogP contribution in [0.5, 0.6) is 0 Å². The normalized spacial score (nSPS) is 17.2. The van der Waals surface area contributed by atoms with Crippen molar-refractivity contribution in [3.8, 4) is 0 Å². The van der Waals surface area contributed by atoms with E-state index in [1.54, 1.807) is 36.2 Å². The third-order valence-corrected chi connectivity index (χ3v) is 6.98. The number of fused-ring (bicyclic) bond motifs is 2. The van der Waals surface area contributed by atoms with Crippen molar-refractivity contribution < 1.29 is 19.4 Å². The van der Waals surface area contributed by atoms with Gasteiger partial charge in [-0.05, 0) is 43.2 Å². The fourth-order valence-corrected chi connectivity index (χ4v) is 4.98. The number of ether oxygens (including phenoxy) is 1. The molecule has 9 heteroatoms. The Kier molecular flexibility index (Phi) is 6.82. The number of carbonyl (C=O) groups excluding carboxylic acids is 2. The van der Waals surface area contributed by atoms with Crippen molar-refractivity contribution in [3.63, 3.8) is 0 Å². The average molecular weight is 502 g/mol. The van der Waals surface area contributed by atoms with Gasteiger partial charge in [-0.2, -0.15) is 0 Å². The molecule has 1 saturated heterocycles. The maximum atomic E-state index is 13.1. The lowest BCUT2D eigenvalue weighted by Gasteiger charge is -2.30. The first-order valence-corrected chi connectivity index (χ1v) is 12.3. The Hall–Kier alpha value is -3.95. The van der Waals surface area contributed by atoms with Gasteiger partial charge < -0.3 is 29.9 Å². The quantitative estimate of drug-likeness (QED) is 0.547. The Labute approximate surface area is 216 Å². The molecule has 0 radical (unpaired) electrons. The van der Waals surface area contributed by atoms with Crippen LogP contribution in [0.1, 0.15) is 39.1 Å². The Morgan fingerprint density at radius 2 is 1.92 bits per heavy atom. The molecule has 3 aromatic rings. The van der Waals surface area contributed by atoms with E-state index in [1.165, 1.54) is 0 Å². The molecule has 1 aromatic heterocycles. The van der Waals surface area contributed by atoms with E-state index in [0.29, 0.717) is 42.3 Å². The maximum absolute atomic E-state index is 13.1. The van der Waals surface area contributed by atoms with Gasteiger partial charge >= 0.3 is 0 Å². The molecular weight excluding hydrogens is 470 g/mol. The molecule has 9 nitrogen and oxygen atoms in total. The molecule has 2 aliphatic heterocycles. The molecule has 0 unspecified atom stereocenters. The second-order valence-corrected chi connectivity index (χ2v) is 9.48. The number of β-amino-alcohol motifs (C(OH)–C–C–N with tert-alkyl or cyclic N) is 1. The molecular formula is C28H31N5O4. The van der Waals surface area contributed by atoms with Gasteiger partial charge in [-0.1, -0.05) is 12.1 Å². The molecule has 192 valence electrons. The first kappa shape index (κ1) is 24.7. The van der Waals surface area contributed by atoms with Crippen molar-refractivity contribution in [3.05, 3.63) is 71.4 Å². The van der Waals surface area contributed by atoms with E-state index in [9.17, 15) is 14.7 Å². The molecule has 0 bridgehead atoms. The molecule has 0 saturated carbocycles. The zero-order chi connectivity index (χ0) is 26.1. The van der Waals surface area contributed by atoms with Crippen molar-refractivity contribution >= 4 is 40.4 Å². The molecule has 2 amide bonds. The van der Waals surface area contributed by atoms with E-state index in [-0.39, 0.29) is 11.8 Å². The SMILES string of the molecule is COCc1cc(C(=O)N2CCC[C@@H](O)C2)ccc1Nc1cc2c(cn1)N(C)C(=O)c1ccccc1N2C. The first-order chi connectivity index (χ1) is 17.9. The van der Waals surface area contributed by atoms with Gasteiger partial charge in [-0.15, -0.1) is 0 Å². The van der Waals surface area contributed by atoms with Gasteiger partial charge in [0.2, 0.25) is 0 Å². The number of aliphatic hydroxyl groups is 1. The van der Waals surface area contributed by atoms with E-state index >= 15 is 0 Å². The minimum absolute atomic E-state index is 0.0902. The molecule has 2 aliphatic rings. The van der Waals surface area contributed by atoms with Crippen molar-refractivity contribution in [2.45, 2.75) is 25.6 Å². The third kappa shape index (κ3) is 4.75. The molecule has 0 aliphatic carbocycles. The van der Waals surface area contributed by atoms with E-state index in [1.807, 2.05) is 54.4 Å². The van der Waals surface area contributed by atoms with Gasteiger partial charge in [0.25, 0.3) is 11.8 Å². The standard InChI is InChI=1S/C28H31N5O4/c1-31-23-9-5-4-8-21(23)28(36)32(2)25-15-29-26(14-24(25)31)30-22-11-10-18(13-19(22)17-37-3)27(35)33-12-6-7-20(34)16-33/h4-5,8-11,13-15,20,34H,6-7,12,16-17H2,1-3H3,(H,29,30)/t20-/m1/s1. The lowest BCUT2D eigenvalue weighted by molar-refractivity contribution is 0.0473. The van der Waals surface area contributed by atoms with Crippen molar-refractivity contribution in [1.29, 1.82) is 0 Å². The Morgan fingerprint density at radius 3 is 2.70 bits per heavy atom. The minimum atomic E-state index is -0.476. The predicted octanol–water partition coefficient (Wildman–Crippen LogP) is 3.93. The Bertz CT molecular complexity index is 1340. The number of carbonyl (C=O) groups is 2. The van der Waals surface area contributed by atoms with Crippen LogP contribution in [0.25, 0.3) is 0 Å². The number of rotatable bonds is 5. The lowest BCUT2D eigenvalue weighted by Crippen LogP contribution is -2.42. The highest BCUT2D eigenvalue weighted by Crippen LogP contribution is 2.40. The van der Waals surface area contributed by atoms with Gasteiger partial charge in [0.05, 0.1) is 41.5 Å². The van der Waals surface area contributed by atoms with Crippen LogP contribution in [0.3, 0.4) is 0 Å². The number of benzene rings is 2. The van der Waals surface area contributed by atoms with E-state index in [2.05, 4.69) is 10.3 Å². The summed E-state index contributed by atoms with van der Waals surface area (Å²) in [5, 5.41) is 13.3. The second-order valence-electron chi connectivity index (χ2n) is 9.48. The van der Waals surface area contributed by atoms with Gasteiger partial charge in [-0.3, -0.25) is 9.59 Å². The number of pyridine rings is 1. The van der Waals surface area contributed by atoms with Crippen LogP contribution < -0.4 is 15.1 Å². The number of para-hydroxylation sites is 1. The summed E-state index contributed by atoms with van der Waals surface area (Å²) in [5.74, 6) is 0.410. The highest BCUT2D eigenvalue weighted by molar-refractivity contribution is 6.13. The summed E-state index contributed by atoms with van der Waals surface area (Å²) in [6, 6.07) is 14.9. The predicted molar refractivity (Wildman–Crippen MR) is 143 cm³/mol. The number of hydrogen-bond acceptors (Lipinski definition) is 7. The van der Waals surface area contributed by atoms with Gasteiger partial charge in [0, 0.05) is 57.2 Å². The molecule has 2 N–H and O–H groups in total. The van der Waals surface area contributed by atoms with Gasteiger partial charge in [0.15, 0.2) is 0 Å². The van der Waals surface area contributed by atoms with E-state index in [0.717, 1.165) is 35.5 Å². The van der Waals surface area contributed by atoms with E-state index in [4.69, 9.17) is 4.74 Å². The van der Waals surface area contributed by atoms with Gasteiger partial charge in [-0.25, -0.2) is 4.98 Å².